The van der Waals surface area contributed by atoms with Gasteiger partial charge in [0.2, 0.25) is 0 Å². The third-order valence-electron chi connectivity index (χ3n) is 2.97. The lowest BCUT2D eigenvalue weighted by molar-refractivity contribution is 0.288. The van der Waals surface area contributed by atoms with E-state index in [4.69, 9.17) is 26.3 Å². The van der Waals surface area contributed by atoms with Gasteiger partial charge in [-0.15, -0.1) is 0 Å². The molecule has 1 aromatic heterocycles. The number of hydrogen-bond donors (Lipinski definition) is 1. The summed E-state index contributed by atoms with van der Waals surface area (Å²) in [5.74, 6) is 1.29. The van der Waals surface area contributed by atoms with Gasteiger partial charge < -0.3 is 14.7 Å². The Labute approximate surface area is 128 Å². The third kappa shape index (κ3) is 3.19. The molecule has 1 aromatic carbocycles. The van der Waals surface area contributed by atoms with Crippen molar-refractivity contribution in [1.82, 2.24) is 4.98 Å². The minimum absolute atomic E-state index is 0.282. The molecule has 2 aromatic rings. The zero-order valence-corrected chi connectivity index (χ0v) is 12.9. The maximum Gasteiger partial charge on any atom is 0.163 e. The highest BCUT2D eigenvalue weighted by Gasteiger charge is 2.12. The number of halogens is 1. The second-order valence-electron chi connectivity index (χ2n) is 4.37. The van der Waals surface area contributed by atoms with Crippen LogP contribution in [0.4, 0.5) is 0 Å². The van der Waals surface area contributed by atoms with Crippen LogP contribution in [0.5, 0.6) is 11.5 Å². The van der Waals surface area contributed by atoms with Crippen molar-refractivity contribution in [1.29, 1.82) is 0 Å². The second-order valence-corrected chi connectivity index (χ2v) is 4.73. The molecule has 0 saturated heterocycles. The molecule has 0 radical (unpaired) electrons. The molecule has 0 saturated carbocycles. The van der Waals surface area contributed by atoms with Crippen molar-refractivity contribution in [3.63, 3.8) is 0 Å². The van der Waals surface area contributed by atoms with Crippen LogP contribution in [0.3, 0.4) is 0 Å². The van der Waals surface area contributed by atoms with Gasteiger partial charge in [0, 0.05) is 17.0 Å². The van der Waals surface area contributed by atoms with E-state index < -0.39 is 0 Å². The van der Waals surface area contributed by atoms with Crippen molar-refractivity contribution < 1.29 is 14.7 Å². The monoisotopic (exact) mass is 308 g/mol. The van der Waals surface area contributed by atoms with Gasteiger partial charge in [-0.2, -0.15) is 0 Å². The molecular formula is C15H17ClN2O3. The van der Waals surface area contributed by atoms with Gasteiger partial charge in [0.15, 0.2) is 11.5 Å². The summed E-state index contributed by atoms with van der Waals surface area (Å²) in [6, 6.07) is 5.46. The van der Waals surface area contributed by atoms with Crippen LogP contribution in [0, 0.1) is 0 Å². The summed E-state index contributed by atoms with van der Waals surface area (Å²) in [6.45, 7) is 6.55. The normalized spacial score (nSPS) is 11.7. The summed E-state index contributed by atoms with van der Waals surface area (Å²) < 4.78 is 11.2. The first kappa shape index (κ1) is 15.4. The zero-order valence-electron chi connectivity index (χ0n) is 12.2. The summed E-state index contributed by atoms with van der Waals surface area (Å²) in [7, 11) is 0. The van der Waals surface area contributed by atoms with Gasteiger partial charge >= 0.3 is 0 Å². The Bertz CT molecular complexity index is 686. The van der Waals surface area contributed by atoms with E-state index in [1.807, 2.05) is 26.0 Å². The van der Waals surface area contributed by atoms with Gasteiger partial charge in [0.25, 0.3) is 0 Å². The fraction of sp³-hybridized carbons (Fsp3) is 0.333. The van der Waals surface area contributed by atoms with Crippen LogP contribution in [0.15, 0.2) is 23.4 Å². The van der Waals surface area contributed by atoms with Crippen LogP contribution < -0.4 is 9.47 Å². The number of fused-ring (bicyclic) bond motifs is 1. The number of oxime groups is 1. The van der Waals surface area contributed by atoms with E-state index in [1.54, 1.807) is 13.0 Å². The second kappa shape index (κ2) is 6.63. The molecule has 0 aliphatic rings. The molecule has 0 spiro atoms. The average Bonchev–Trinajstić information content (AvgIpc) is 2.47. The quantitative estimate of drug-likeness (QED) is 0.394. The highest BCUT2D eigenvalue weighted by Crippen LogP contribution is 2.33. The van der Waals surface area contributed by atoms with E-state index in [2.05, 4.69) is 10.1 Å². The summed E-state index contributed by atoms with van der Waals surface area (Å²) in [4.78, 5) is 4.33. The van der Waals surface area contributed by atoms with Crippen molar-refractivity contribution in [2.75, 3.05) is 13.2 Å². The van der Waals surface area contributed by atoms with Crippen LogP contribution >= 0.6 is 11.6 Å². The van der Waals surface area contributed by atoms with E-state index >= 15 is 0 Å². The lowest BCUT2D eigenvalue weighted by Crippen LogP contribution is -2.01. The lowest BCUT2D eigenvalue weighted by atomic mass is 10.1. The Hall–Kier alpha value is -2.01. The average molecular weight is 309 g/mol. The molecule has 1 N–H and O–H groups in total. The molecule has 6 heteroatoms. The van der Waals surface area contributed by atoms with E-state index in [1.165, 1.54) is 0 Å². The SMILES string of the molecule is CCOc1cc2cc(/C(C)=N/O)c(Cl)nc2cc1OCC. The third-order valence-corrected chi connectivity index (χ3v) is 3.26. The van der Waals surface area contributed by atoms with Gasteiger partial charge in [0.05, 0.1) is 24.4 Å². The van der Waals surface area contributed by atoms with E-state index in [0.717, 1.165) is 5.39 Å². The smallest absolute Gasteiger partial charge is 0.163 e. The van der Waals surface area contributed by atoms with E-state index in [9.17, 15) is 0 Å². The molecule has 0 aliphatic carbocycles. The molecule has 0 bridgehead atoms. The largest absolute Gasteiger partial charge is 0.490 e. The summed E-state index contributed by atoms with van der Waals surface area (Å²) in [6.07, 6.45) is 0. The molecule has 112 valence electrons. The number of benzene rings is 1. The van der Waals surface area contributed by atoms with Crippen molar-refractivity contribution in [2.45, 2.75) is 20.8 Å². The van der Waals surface area contributed by atoms with Crippen LogP contribution in [0.2, 0.25) is 5.15 Å². The first-order valence-corrected chi connectivity index (χ1v) is 7.07. The van der Waals surface area contributed by atoms with Gasteiger partial charge in [-0.3, -0.25) is 0 Å². The van der Waals surface area contributed by atoms with Gasteiger partial charge in [0.1, 0.15) is 5.15 Å². The first-order valence-electron chi connectivity index (χ1n) is 6.69. The molecule has 0 aliphatic heterocycles. The zero-order chi connectivity index (χ0) is 15.4. The van der Waals surface area contributed by atoms with Gasteiger partial charge in [-0.1, -0.05) is 16.8 Å². The van der Waals surface area contributed by atoms with Crippen LogP contribution in [0.1, 0.15) is 26.3 Å². The molecule has 0 amide bonds. The van der Waals surface area contributed by atoms with Crippen molar-refractivity contribution in [3.05, 3.63) is 28.9 Å². The van der Waals surface area contributed by atoms with Crippen molar-refractivity contribution in [2.24, 2.45) is 5.16 Å². The number of pyridine rings is 1. The predicted molar refractivity (Wildman–Crippen MR) is 83.1 cm³/mol. The van der Waals surface area contributed by atoms with E-state index in [0.29, 0.717) is 41.5 Å². The van der Waals surface area contributed by atoms with Gasteiger partial charge in [-0.25, -0.2) is 4.98 Å². The Morgan fingerprint density at radius 3 is 2.38 bits per heavy atom. The maximum absolute atomic E-state index is 8.89. The highest BCUT2D eigenvalue weighted by molar-refractivity contribution is 6.33. The number of aromatic nitrogens is 1. The molecule has 0 atom stereocenters. The number of nitrogens with zero attached hydrogens (tertiary/aromatic N) is 2. The topological polar surface area (TPSA) is 63.9 Å². The molecule has 2 rings (SSSR count). The first-order chi connectivity index (χ1) is 10.1. The molecule has 21 heavy (non-hydrogen) atoms. The fourth-order valence-electron chi connectivity index (χ4n) is 2.00. The number of ether oxygens (including phenoxy) is 2. The fourth-order valence-corrected chi connectivity index (χ4v) is 2.28. The summed E-state index contributed by atoms with van der Waals surface area (Å²) in [5, 5.41) is 13.2. The van der Waals surface area contributed by atoms with Crippen LogP contribution in [-0.4, -0.2) is 29.1 Å². The number of rotatable bonds is 5. The highest BCUT2D eigenvalue weighted by atomic mass is 35.5. The Balaban J connectivity index is 2.64. The van der Waals surface area contributed by atoms with Crippen molar-refractivity contribution >= 4 is 28.2 Å². The molecule has 0 fully saturated rings. The van der Waals surface area contributed by atoms with E-state index in [-0.39, 0.29) is 5.15 Å². The maximum atomic E-state index is 8.89. The minimum Gasteiger partial charge on any atom is -0.490 e. The molecule has 0 unspecified atom stereocenters. The standard InChI is InChI=1S/C15H17ClN2O3/c1-4-20-13-7-10-6-11(9(3)18-19)15(16)17-12(10)8-14(13)21-5-2/h6-8,19H,4-5H2,1-3H3/b18-9+. The summed E-state index contributed by atoms with van der Waals surface area (Å²) in [5.41, 5.74) is 1.68. The van der Waals surface area contributed by atoms with Crippen molar-refractivity contribution in [3.8, 4) is 11.5 Å². The minimum atomic E-state index is 0.282. The Kier molecular flexibility index (Phi) is 4.85. The molecule has 1 heterocycles. The van der Waals surface area contributed by atoms with Gasteiger partial charge in [-0.05, 0) is 32.9 Å². The molecular weight excluding hydrogens is 292 g/mol. The lowest BCUT2D eigenvalue weighted by Gasteiger charge is -2.13. The predicted octanol–water partition coefficient (Wildman–Crippen LogP) is 3.88. The molecule has 5 nitrogen and oxygen atoms in total. The number of hydrogen-bond acceptors (Lipinski definition) is 5. The van der Waals surface area contributed by atoms with Crippen LogP contribution in [-0.2, 0) is 0 Å². The van der Waals surface area contributed by atoms with Crippen LogP contribution in [0.25, 0.3) is 10.9 Å². The Morgan fingerprint density at radius 1 is 1.19 bits per heavy atom. The Morgan fingerprint density at radius 2 is 1.81 bits per heavy atom. The summed E-state index contributed by atoms with van der Waals surface area (Å²) >= 11 is 6.13.